The van der Waals surface area contributed by atoms with Gasteiger partial charge in [0.05, 0.1) is 0 Å². The number of aliphatic hydroxyl groups is 1. The van der Waals surface area contributed by atoms with Crippen molar-refractivity contribution in [1.82, 2.24) is 15.1 Å². The number of rotatable bonds is 6. The summed E-state index contributed by atoms with van der Waals surface area (Å²) in [6.07, 6.45) is -0.803. The zero-order chi connectivity index (χ0) is 25.0. The Morgan fingerprint density at radius 3 is 2.74 bits per heavy atom. The maximum absolute atomic E-state index is 13.5. The Bertz CT molecular complexity index is 1160. The number of nitrogens with one attached hydrogen (secondary N) is 2. The molecule has 1 unspecified atom stereocenters. The van der Waals surface area contributed by atoms with E-state index in [9.17, 15) is 27.9 Å². The molecule has 3 aliphatic rings. The maximum atomic E-state index is 13.5. The average Bonchev–Trinajstić information content (AvgIpc) is 3.11. The van der Waals surface area contributed by atoms with Crippen molar-refractivity contribution in [3.8, 4) is 0 Å². The van der Waals surface area contributed by atoms with E-state index >= 15 is 0 Å². The first kappa shape index (κ1) is 23.8. The van der Waals surface area contributed by atoms with Crippen molar-refractivity contribution in [3.05, 3.63) is 46.3 Å². The lowest BCUT2D eigenvalue weighted by Crippen LogP contribution is -2.46. The number of H-pyrrole nitrogens is 1. The minimum atomic E-state index is -4.57. The van der Waals surface area contributed by atoms with Gasteiger partial charge in [-0.25, -0.2) is 0 Å². The van der Waals surface area contributed by atoms with Gasteiger partial charge in [-0.05, 0) is 68.1 Å². The van der Waals surface area contributed by atoms with Crippen molar-refractivity contribution in [1.29, 1.82) is 0 Å². The summed E-state index contributed by atoms with van der Waals surface area (Å²) >= 11 is 0. The standard InChI is InChI=1S/C25H29F3N4O3/c1-14-4-5-15(3-2-8-33)18(9-14)29-22(34)20-12-24(6-7-24)13-32(20)23(35)16-10-17-19(11-16)30-31-21(17)25(26,27)28/h4-5,9,16,20,33H,2-3,6-8,10-13H2,1H3,(H,29,34)(H,30,31)/t16?,20-/m1/s1. The molecule has 2 atom stereocenters. The first-order valence-corrected chi connectivity index (χ1v) is 12.1. The van der Waals surface area contributed by atoms with E-state index in [0.717, 1.165) is 24.0 Å². The van der Waals surface area contributed by atoms with E-state index < -0.39 is 23.8 Å². The van der Waals surface area contributed by atoms with Crippen LogP contribution in [0.15, 0.2) is 18.2 Å². The summed E-state index contributed by atoms with van der Waals surface area (Å²) in [4.78, 5) is 28.6. The molecule has 7 nitrogen and oxygen atoms in total. The number of fused-ring (bicyclic) bond motifs is 1. The Balaban J connectivity index is 1.34. The van der Waals surface area contributed by atoms with Crippen molar-refractivity contribution in [2.45, 2.75) is 64.1 Å². The van der Waals surface area contributed by atoms with Crippen LogP contribution in [0.4, 0.5) is 18.9 Å². The molecule has 0 radical (unpaired) electrons. The SMILES string of the molecule is Cc1ccc(CCCO)c(NC(=O)[C@H]2CC3(CC3)CN2C(=O)C2Cc3[nH]nc(C(F)(F)F)c3C2)c1. The lowest BCUT2D eigenvalue weighted by molar-refractivity contribution is -0.143. The van der Waals surface area contributed by atoms with Gasteiger partial charge in [0.15, 0.2) is 5.69 Å². The van der Waals surface area contributed by atoms with Crippen LogP contribution in [-0.4, -0.2) is 51.2 Å². The third-order valence-corrected chi connectivity index (χ3v) is 7.65. The maximum Gasteiger partial charge on any atom is 0.435 e. The highest BCUT2D eigenvalue weighted by Gasteiger charge is 2.56. The summed E-state index contributed by atoms with van der Waals surface area (Å²) in [6, 6.07) is 5.11. The third-order valence-electron chi connectivity index (χ3n) is 7.65. The van der Waals surface area contributed by atoms with Crippen LogP contribution >= 0.6 is 0 Å². The molecule has 2 heterocycles. The Labute approximate surface area is 201 Å². The van der Waals surface area contributed by atoms with Crippen molar-refractivity contribution >= 4 is 17.5 Å². The molecule has 2 fully saturated rings. The van der Waals surface area contributed by atoms with Crippen molar-refractivity contribution in [2.75, 3.05) is 18.5 Å². The number of hydrogen-bond donors (Lipinski definition) is 3. The average molecular weight is 491 g/mol. The summed E-state index contributed by atoms with van der Waals surface area (Å²) in [6.45, 7) is 2.43. The van der Waals surface area contributed by atoms with Crippen LogP contribution in [0.3, 0.4) is 0 Å². The smallest absolute Gasteiger partial charge is 0.396 e. The molecule has 2 aromatic rings. The molecule has 2 amide bonds. The zero-order valence-electron chi connectivity index (χ0n) is 19.5. The van der Waals surface area contributed by atoms with E-state index in [1.807, 2.05) is 25.1 Å². The van der Waals surface area contributed by atoms with E-state index in [1.165, 1.54) is 0 Å². The van der Waals surface area contributed by atoms with Gasteiger partial charge in [-0.3, -0.25) is 14.7 Å². The molecule has 5 rings (SSSR count). The van der Waals surface area contributed by atoms with Crippen molar-refractivity contribution < 1.29 is 27.9 Å². The number of likely N-dealkylation sites (tertiary alicyclic amines) is 1. The van der Waals surface area contributed by atoms with Crippen molar-refractivity contribution in [2.24, 2.45) is 11.3 Å². The number of aromatic amines is 1. The topological polar surface area (TPSA) is 98.3 Å². The molecular weight excluding hydrogens is 461 g/mol. The number of alkyl halides is 3. The van der Waals surface area contributed by atoms with Gasteiger partial charge in [-0.15, -0.1) is 0 Å². The number of amides is 2. The Morgan fingerprint density at radius 2 is 2.06 bits per heavy atom. The fourth-order valence-electron chi connectivity index (χ4n) is 5.57. The minimum absolute atomic E-state index is 0.0272. The van der Waals surface area contributed by atoms with Gasteiger partial charge < -0.3 is 15.3 Å². The van der Waals surface area contributed by atoms with E-state index in [4.69, 9.17) is 0 Å². The van der Waals surface area contributed by atoms with Gasteiger partial charge in [0.1, 0.15) is 6.04 Å². The predicted octanol–water partition coefficient (Wildman–Crippen LogP) is 3.40. The number of halogens is 3. The highest BCUT2D eigenvalue weighted by Crippen LogP contribution is 2.55. The summed E-state index contributed by atoms with van der Waals surface area (Å²) in [5.41, 5.74) is 1.96. The number of aromatic nitrogens is 2. The van der Waals surface area contributed by atoms with Crippen molar-refractivity contribution in [3.63, 3.8) is 0 Å². The van der Waals surface area contributed by atoms with Gasteiger partial charge in [0.2, 0.25) is 11.8 Å². The lowest BCUT2D eigenvalue weighted by atomic mass is 10.0. The first-order chi connectivity index (χ1) is 16.6. The highest BCUT2D eigenvalue weighted by atomic mass is 19.4. The lowest BCUT2D eigenvalue weighted by Gasteiger charge is -2.27. The fourth-order valence-corrected chi connectivity index (χ4v) is 5.57. The molecule has 1 aromatic heterocycles. The van der Waals surface area contributed by atoms with Gasteiger partial charge in [-0.1, -0.05) is 12.1 Å². The number of anilines is 1. The fraction of sp³-hybridized carbons (Fsp3) is 0.560. The molecule has 188 valence electrons. The zero-order valence-corrected chi connectivity index (χ0v) is 19.5. The molecule has 1 aliphatic heterocycles. The largest absolute Gasteiger partial charge is 0.435 e. The van der Waals surface area contributed by atoms with Crippen LogP contribution in [0, 0.1) is 18.3 Å². The van der Waals surface area contributed by atoms with Crippen LogP contribution in [0.2, 0.25) is 0 Å². The van der Waals surface area contributed by atoms with Crippen LogP contribution < -0.4 is 5.32 Å². The van der Waals surface area contributed by atoms with E-state index in [1.54, 1.807) is 4.90 Å². The van der Waals surface area contributed by atoms with E-state index in [0.29, 0.717) is 37.2 Å². The van der Waals surface area contributed by atoms with Crippen LogP contribution in [0.25, 0.3) is 0 Å². The minimum Gasteiger partial charge on any atom is -0.396 e. The monoisotopic (exact) mass is 490 g/mol. The Hall–Kier alpha value is -2.88. The molecule has 1 spiro atoms. The second-order valence-electron chi connectivity index (χ2n) is 10.3. The number of benzene rings is 1. The quantitative estimate of drug-likeness (QED) is 0.578. The number of hydrogen-bond acceptors (Lipinski definition) is 4. The van der Waals surface area contributed by atoms with Gasteiger partial charge in [0.25, 0.3) is 0 Å². The Kier molecular flexibility index (Phi) is 5.89. The predicted molar refractivity (Wildman–Crippen MR) is 121 cm³/mol. The van der Waals surface area contributed by atoms with Gasteiger partial charge in [0, 0.05) is 42.4 Å². The molecule has 10 heteroatoms. The van der Waals surface area contributed by atoms with E-state index in [-0.39, 0.29) is 42.2 Å². The second kappa shape index (κ2) is 8.65. The van der Waals surface area contributed by atoms with Crippen LogP contribution in [-0.2, 0) is 35.0 Å². The summed E-state index contributed by atoms with van der Waals surface area (Å²) < 4.78 is 39.9. The number of aliphatic hydroxyl groups excluding tert-OH is 1. The summed E-state index contributed by atoms with van der Waals surface area (Å²) in [7, 11) is 0. The number of carbonyl (C=O) groups is 2. The van der Waals surface area contributed by atoms with Crippen LogP contribution in [0.5, 0.6) is 0 Å². The Morgan fingerprint density at radius 1 is 1.29 bits per heavy atom. The molecule has 1 saturated carbocycles. The molecule has 0 bridgehead atoms. The van der Waals surface area contributed by atoms with Crippen LogP contribution in [0.1, 0.15) is 53.8 Å². The normalized spacial score (nSPS) is 22.5. The molecular formula is C25H29F3N4O3. The molecule has 2 aliphatic carbocycles. The van der Waals surface area contributed by atoms with E-state index in [2.05, 4.69) is 15.5 Å². The second-order valence-corrected chi connectivity index (χ2v) is 10.3. The molecule has 1 aromatic carbocycles. The number of nitrogens with zero attached hydrogens (tertiary/aromatic N) is 2. The van der Waals surface area contributed by atoms with Gasteiger partial charge >= 0.3 is 6.18 Å². The number of aryl methyl sites for hydroxylation is 2. The number of carbonyl (C=O) groups excluding carboxylic acids is 2. The summed E-state index contributed by atoms with van der Waals surface area (Å²) in [5.74, 6) is -1.17. The highest BCUT2D eigenvalue weighted by molar-refractivity contribution is 5.98. The summed E-state index contributed by atoms with van der Waals surface area (Å²) in [5, 5.41) is 18.1. The molecule has 1 saturated heterocycles. The first-order valence-electron chi connectivity index (χ1n) is 12.1. The van der Waals surface area contributed by atoms with Gasteiger partial charge in [-0.2, -0.15) is 18.3 Å². The molecule has 3 N–H and O–H groups in total. The third kappa shape index (κ3) is 4.55. The molecule has 35 heavy (non-hydrogen) atoms.